The third kappa shape index (κ3) is 4.39. The number of fused-ring (bicyclic) bond motifs is 2. The number of nitrogens with zero attached hydrogens (tertiary/aromatic N) is 4. The van der Waals surface area contributed by atoms with Gasteiger partial charge in [0.15, 0.2) is 0 Å². The molecular formula is C29H20N6O2. The molecule has 0 fully saturated rings. The molecule has 6 rings (SSSR count). The smallest absolute Gasteiger partial charge is 0.276 e. The Hall–Kier alpha value is -5.37. The Morgan fingerprint density at radius 3 is 2.46 bits per heavy atom. The summed E-state index contributed by atoms with van der Waals surface area (Å²) in [5.41, 5.74) is 6.61. The molecule has 0 saturated heterocycles. The van der Waals surface area contributed by atoms with Crippen molar-refractivity contribution in [3.8, 4) is 16.9 Å². The molecule has 2 N–H and O–H groups in total. The number of aromatic nitrogens is 3. The van der Waals surface area contributed by atoms with Crippen molar-refractivity contribution in [1.82, 2.24) is 20.2 Å². The average Bonchev–Trinajstić information content (AvgIpc) is 3.37. The van der Waals surface area contributed by atoms with Gasteiger partial charge in [0.05, 0.1) is 17.4 Å². The standard InChI is InChI=1S/C29H20N6O2/c30-27-24(16-21-15-20-11-7-8-14-25(20)32-29(21)37-27)28(36)33-31-17-22-18-35(23-12-5-2-6-13-23)34-26(22)19-9-3-1-4-10-19/h1-18,30H,(H,33,36). The van der Waals surface area contributed by atoms with E-state index in [0.717, 1.165) is 33.4 Å². The van der Waals surface area contributed by atoms with Crippen molar-refractivity contribution in [3.63, 3.8) is 0 Å². The van der Waals surface area contributed by atoms with E-state index < -0.39 is 5.91 Å². The zero-order valence-electron chi connectivity index (χ0n) is 19.5. The van der Waals surface area contributed by atoms with E-state index in [1.54, 1.807) is 17.0 Å². The van der Waals surface area contributed by atoms with Crippen LogP contribution in [0.2, 0.25) is 0 Å². The van der Waals surface area contributed by atoms with Crippen LogP contribution in [0.3, 0.4) is 0 Å². The Kier molecular flexibility index (Phi) is 5.59. The molecular weight excluding hydrogens is 464 g/mol. The average molecular weight is 485 g/mol. The van der Waals surface area contributed by atoms with Crippen LogP contribution < -0.4 is 11.0 Å². The highest BCUT2D eigenvalue weighted by Gasteiger charge is 2.14. The lowest BCUT2D eigenvalue weighted by molar-refractivity contribution is 0.0951. The van der Waals surface area contributed by atoms with E-state index in [1.807, 2.05) is 97.2 Å². The van der Waals surface area contributed by atoms with Gasteiger partial charge in [-0.3, -0.25) is 10.2 Å². The first-order valence-corrected chi connectivity index (χ1v) is 11.6. The number of nitrogens with one attached hydrogen (secondary N) is 2. The Morgan fingerprint density at radius 1 is 0.919 bits per heavy atom. The largest absolute Gasteiger partial charge is 0.420 e. The summed E-state index contributed by atoms with van der Waals surface area (Å²) < 4.78 is 7.32. The number of hydrogen-bond acceptors (Lipinski definition) is 6. The Morgan fingerprint density at radius 2 is 1.65 bits per heavy atom. The van der Waals surface area contributed by atoms with Crippen LogP contribution >= 0.6 is 0 Å². The molecule has 0 aliphatic heterocycles. The Bertz CT molecular complexity index is 1840. The molecule has 178 valence electrons. The predicted molar refractivity (Wildman–Crippen MR) is 141 cm³/mol. The molecule has 0 bridgehead atoms. The molecule has 0 spiro atoms. The highest BCUT2D eigenvalue weighted by molar-refractivity contribution is 5.98. The van der Waals surface area contributed by atoms with E-state index in [0.29, 0.717) is 11.1 Å². The second-order valence-electron chi connectivity index (χ2n) is 8.34. The number of benzene rings is 3. The van der Waals surface area contributed by atoms with Gasteiger partial charge in [0.2, 0.25) is 11.3 Å². The van der Waals surface area contributed by atoms with Crippen LogP contribution in [0, 0.1) is 5.41 Å². The molecule has 0 atom stereocenters. The summed E-state index contributed by atoms with van der Waals surface area (Å²) in [6.07, 6.45) is 3.40. The Balaban J connectivity index is 1.30. The van der Waals surface area contributed by atoms with Crippen LogP contribution in [0.5, 0.6) is 0 Å². The fourth-order valence-corrected chi connectivity index (χ4v) is 4.08. The molecule has 0 aliphatic carbocycles. The lowest BCUT2D eigenvalue weighted by atomic mass is 10.1. The zero-order valence-corrected chi connectivity index (χ0v) is 19.5. The van der Waals surface area contributed by atoms with Gasteiger partial charge in [-0.05, 0) is 30.3 Å². The maximum Gasteiger partial charge on any atom is 0.276 e. The number of amides is 1. The molecule has 8 nitrogen and oxygen atoms in total. The summed E-state index contributed by atoms with van der Waals surface area (Å²) in [6.45, 7) is 0. The van der Waals surface area contributed by atoms with Crippen LogP contribution in [0.15, 0.2) is 113 Å². The number of carbonyl (C=O) groups is 1. The fourth-order valence-electron chi connectivity index (χ4n) is 4.08. The normalized spacial score (nSPS) is 11.4. The Labute approximate surface area is 211 Å². The van der Waals surface area contributed by atoms with Gasteiger partial charge >= 0.3 is 0 Å². The van der Waals surface area contributed by atoms with E-state index in [9.17, 15) is 4.79 Å². The number of hydrogen-bond donors (Lipinski definition) is 2. The lowest BCUT2D eigenvalue weighted by Crippen LogP contribution is -2.24. The number of rotatable bonds is 5. The van der Waals surface area contributed by atoms with Gasteiger partial charge in [0.1, 0.15) is 11.3 Å². The summed E-state index contributed by atoms with van der Waals surface area (Å²) in [5.74, 6) is -0.559. The molecule has 37 heavy (non-hydrogen) atoms. The van der Waals surface area contributed by atoms with Gasteiger partial charge in [-0.15, -0.1) is 0 Å². The van der Waals surface area contributed by atoms with E-state index in [4.69, 9.17) is 14.9 Å². The van der Waals surface area contributed by atoms with Gasteiger partial charge < -0.3 is 4.42 Å². The first-order valence-electron chi connectivity index (χ1n) is 11.6. The van der Waals surface area contributed by atoms with Crippen LogP contribution in [-0.2, 0) is 0 Å². The van der Waals surface area contributed by atoms with Gasteiger partial charge in [0, 0.05) is 28.1 Å². The molecule has 3 aromatic carbocycles. The van der Waals surface area contributed by atoms with Gasteiger partial charge in [-0.2, -0.15) is 10.2 Å². The minimum atomic E-state index is -0.559. The van der Waals surface area contributed by atoms with Crippen molar-refractivity contribution < 1.29 is 9.21 Å². The SMILES string of the molecule is N=c1oc2nc3ccccc3cc2cc1C(=O)NN=Cc1cn(-c2ccccc2)nc1-c1ccccc1. The van der Waals surface area contributed by atoms with Crippen molar-refractivity contribution in [2.45, 2.75) is 0 Å². The maximum atomic E-state index is 12.9. The van der Waals surface area contributed by atoms with Crippen LogP contribution in [0.4, 0.5) is 0 Å². The molecule has 3 heterocycles. The minimum absolute atomic E-state index is 0.0602. The van der Waals surface area contributed by atoms with Crippen LogP contribution in [0.1, 0.15) is 15.9 Å². The first-order chi connectivity index (χ1) is 18.2. The van der Waals surface area contributed by atoms with E-state index in [-0.39, 0.29) is 11.1 Å². The number of para-hydroxylation sites is 2. The summed E-state index contributed by atoms with van der Waals surface area (Å²) >= 11 is 0. The van der Waals surface area contributed by atoms with E-state index >= 15 is 0 Å². The zero-order chi connectivity index (χ0) is 25.2. The molecule has 0 aliphatic rings. The fraction of sp³-hybridized carbons (Fsp3) is 0. The molecule has 0 saturated carbocycles. The summed E-state index contributed by atoms with van der Waals surface area (Å²) in [5, 5.41) is 18.6. The van der Waals surface area contributed by atoms with Crippen LogP contribution in [0.25, 0.3) is 38.9 Å². The predicted octanol–water partition coefficient (Wildman–Crippen LogP) is 5.08. The third-order valence-electron chi connectivity index (χ3n) is 5.88. The molecule has 6 aromatic rings. The van der Waals surface area contributed by atoms with Gasteiger partial charge in [-0.25, -0.2) is 15.1 Å². The molecule has 0 unspecified atom stereocenters. The van der Waals surface area contributed by atoms with Crippen molar-refractivity contribution >= 4 is 34.1 Å². The van der Waals surface area contributed by atoms with E-state index in [2.05, 4.69) is 15.5 Å². The highest BCUT2D eigenvalue weighted by Crippen LogP contribution is 2.23. The quantitative estimate of drug-likeness (QED) is 0.202. The second-order valence-corrected chi connectivity index (χ2v) is 8.34. The van der Waals surface area contributed by atoms with Crippen molar-refractivity contribution in [2.24, 2.45) is 5.10 Å². The van der Waals surface area contributed by atoms with Gasteiger partial charge in [-0.1, -0.05) is 66.7 Å². The van der Waals surface area contributed by atoms with Crippen molar-refractivity contribution in [3.05, 3.63) is 120 Å². The van der Waals surface area contributed by atoms with Crippen LogP contribution in [-0.4, -0.2) is 26.9 Å². The lowest BCUT2D eigenvalue weighted by Gasteiger charge is -2.04. The monoisotopic (exact) mass is 484 g/mol. The minimum Gasteiger partial charge on any atom is -0.420 e. The summed E-state index contributed by atoms with van der Waals surface area (Å²) in [6, 6.07) is 30.6. The van der Waals surface area contributed by atoms with Crippen molar-refractivity contribution in [1.29, 1.82) is 5.41 Å². The molecule has 1 amide bonds. The third-order valence-corrected chi connectivity index (χ3v) is 5.88. The van der Waals surface area contributed by atoms with Crippen molar-refractivity contribution in [2.75, 3.05) is 0 Å². The first kappa shape index (κ1) is 22.1. The number of carbonyl (C=O) groups excluding carboxylic acids is 1. The second kappa shape index (κ2) is 9.35. The van der Waals surface area contributed by atoms with E-state index in [1.165, 1.54) is 0 Å². The number of hydrazone groups is 1. The molecule has 0 radical (unpaired) electrons. The highest BCUT2D eigenvalue weighted by atomic mass is 16.3. The summed E-state index contributed by atoms with van der Waals surface area (Å²) in [4.78, 5) is 17.3. The maximum absolute atomic E-state index is 12.9. The number of pyridine rings is 1. The summed E-state index contributed by atoms with van der Waals surface area (Å²) in [7, 11) is 0. The molecule has 8 heteroatoms. The topological polar surface area (TPSA) is 109 Å². The molecule has 3 aromatic heterocycles. The van der Waals surface area contributed by atoms with Gasteiger partial charge in [0.25, 0.3) is 5.91 Å².